The molecule has 0 N–H and O–H groups in total. The number of nitrogens with zero attached hydrogens (tertiary/aromatic N) is 8. The lowest BCUT2D eigenvalue weighted by molar-refractivity contribution is -0.141. The van der Waals surface area contributed by atoms with E-state index in [1.54, 1.807) is 35.4 Å². The molecule has 0 amide bonds. The van der Waals surface area contributed by atoms with Crippen LogP contribution < -0.4 is 0 Å². The zero-order chi connectivity index (χ0) is 23.5. The molecular weight excluding hydrogens is 457 g/mol. The van der Waals surface area contributed by atoms with Crippen LogP contribution in [0.25, 0.3) is 28.1 Å². The van der Waals surface area contributed by atoms with E-state index in [4.69, 9.17) is 0 Å². The Morgan fingerprint density at radius 1 is 1.33 bits per heavy atom. The van der Waals surface area contributed by atoms with Gasteiger partial charge in [0.25, 0.3) is 0 Å². The largest absolute Gasteiger partial charge is 0.433 e. The molecule has 0 spiro atoms. The first-order valence-corrected chi connectivity index (χ1v) is 11.8. The summed E-state index contributed by atoms with van der Waals surface area (Å²) in [4.78, 5) is 12.4. The van der Waals surface area contributed by atoms with E-state index in [0.717, 1.165) is 30.8 Å². The fourth-order valence-electron chi connectivity index (χ4n) is 3.83. The molecule has 1 atom stereocenters. The Morgan fingerprint density at radius 2 is 2.09 bits per heavy atom. The molecule has 1 aliphatic rings. The Bertz CT molecular complexity index is 1580. The predicted octanol–water partition coefficient (Wildman–Crippen LogP) is 3.90. The summed E-state index contributed by atoms with van der Waals surface area (Å²) in [5, 5.41) is 13.8. The van der Waals surface area contributed by atoms with Crippen molar-refractivity contribution in [3.05, 3.63) is 35.9 Å². The number of pyridine rings is 1. The Balaban J connectivity index is 1.87. The second-order valence-corrected chi connectivity index (χ2v) is 10.2. The first-order chi connectivity index (χ1) is 15.7. The Hall–Kier alpha value is -3.53. The molecule has 33 heavy (non-hydrogen) atoms. The van der Waals surface area contributed by atoms with Crippen LogP contribution in [0.15, 0.2) is 33.9 Å². The predicted molar refractivity (Wildman–Crippen MR) is 112 cm³/mol. The van der Waals surface area contributed by atoms with Gasteiger partial charge < -0.3 is 4.57 Å². The zero-order valence-electron chi connectivity index (χ0n) is 17.5. The van der Waals surface area contributed by atoms with E-state index in [1.807, 2.05) is 6.07 Å². The molecule has 0 saturated heterocycles. The Kier molecular flexibility index (Phi) is 4.68. The van der Waals surface area contributed by atoms with Crippen molar-refractivity contribution >= 4 is 26.4 Å². The number of fused-ring (bicyclic) bond motifs is 2. The lowest BCUT2D eigenvalue weighted by Gasteiger charge is -2.06. The highest BCUT2D eigenvalue weighted by atomic mass is 32.2. The van der Waals surface area contributed by atoms with Crippen molar-refractivity contribution in [1.82, 2.24) is 29.1 Å². The van der Waals surface area contributed by atoms with Crippen molar-refractivity contribution in [1.29, 1.82) is 5.26 Å². The molecule has 170 valence electrons. The molecule has 1 unspecified atom stereocenters. The summed E-state index contributed by atoms with van der Waals surface area (Å²) in [6.07, 6.45) is 1.66. The summed E-state index contributed by atoms with van der Waals surface area (Å²) >= 11 is 0. The van der Waals surface area contributed by atoms with E-state index < -0.39 is 21.6 Å². The van der Waals surface area contributed by atoms with Crippen molar-refractivity contribution in [2.24, 2.45) is 11.4 Å². The minimum Gasteiger partial charge on any atom is -0.326 e. The maximum Gasteiger partial charge on any atom is 0.433 e. The fourth-order valence-corrected chi connectivity index (χ4v) is 5.16. The van der Waals surface area contributed by atoms with Gasteiger partial charge in [-0.25, -0.2) is 23.7 Å². The van der Waals surface area contributed by atoms with Crippen molar-refractivity contribution in [2.45, 2.75) is 36.9 Å². The summed E-state index contributed by atoms with van der Waals surface area (Å²) < 4.78 is 60.0. The van der Waals surface area contributed by atoms with Gasteiger partial charge in [0.05, 0.1) is 22.8 Å². The average Bonchev–Trinajstić information content (AvgIpc) is 3.47. The standard InChI is InChI=1S/C20H17F3N8OS/c1-3-33(32,27-10-24)19-16(17-25-7-6-13(11-4-5-11)31(17)29-19)18-28-12-8-15(20(21,22)23)26-9-14(12)30(18)2/h6-9,11H,3-5H2,1-2H3. The first kappa shape index (κ1) is 21.3. The summed E-state index contributed by atoms with van der Waals surface area (Å²) in [7, 11) is -1.64. The normalized spacial score (nSPS) is 16.1. The van der Waals surface area contributed by atoms with Gasteiger partial charge in [-0.15, -0.1) is 4.36 Å². The number of nitriles is 1. The third kappa shape index (κ3) is 3.32. The molecule has 0 aromatic carbocycles. The summed E-state index contributed by atoms with van der Waals surface area (Å²) in [6.45, 7) is 1.63. The molecule has 4 aromatic heterocycles. The van der Waals surface area contributed by atoms with E-state index in [-0.39, 0.29) is 33.6 Å². The van der Waals surface area contributed by atoms with Gasteiger partial charge in [0.2, 0.25) is 6.19 Å². The number of aromatic nitrogens is 6. The van der Waals surface area contributed by atoms with Gasteiger partial charge in [-0.2, -0.15) is 23.5 Å². The van der Waals surface area contributed by atoms with Crippen LogP contribution in [0.1, 0.15) is 37.1 Å². The Morgan fingerprint density at radius 3 is 2.73 bits per heavy atom. The highest BCUT2D eigenvalue weighted by molar-refractivity contribution is 7.93. The van der Waals surface area contributed by atoms with Gasteiger partial charge in [0.15, 0.2) is 10.7 Å². The van der Waals surface area contributed by atoms with Crippen LogP contribution >= 0.6 is 0 Å². The van der Waals surface area contributed by atoms with E-state index in [1.165, 1.54) is 0 Å². The number of alkyl halides is 3. The van der Waals surface area contributed by atoms with E-state index in [0.29, 0.717) is 11.2 Å². The van der Waals surface area contributed by atoms with Crippen molar-refractivity contribution in [2.75, 3.05) is 5.75 Å². The van der Waals surface area contributed by atoms with Crippen LogP contribution in [0.3, 0.4) is 0 Å². The summed E-state index contributed by atoms with van der Waals surface area (Å²) in [5.41, 5.74) is 0.857. The van der Waals surface area contributed by atoms with Gasteiger partial charge in [-0.05, 0) is 25.0 Å². The van der Waals surface area contributed by atoms with Crippen LogP contribution in [0.2, 0.25) is 0 Å². The number of aryl methyl sites for hydroxylation is 1. The van der Waals surface area contributed by atoms with Crippen molar-refractivity contribution in [3.63, 3.8) is 0 Å². The number of halogens is 3. The minimum absolute atomic E-state index is 0.0138. The number of imidazole rings is 1. The monoisotopic (exact) mass is 474 g/mol. The highest BCUT2D eigenvalue weighted by Crippen LogP contribution is 2.42. The number of hydrogen-bond acceptors (Lipinski definition) is 7. The maximum absolute atomic E-state index is 13.6. The van der Waals surface area contributed by atoms with Crippen molar-refractivity contribution < 1.29 is 17.4 Å². The molecule has 1 fully saturated rings. The molecule has 0 bridgehead atoms. The highest BCUT2D eigenvalue weighted by Gasteiger charge is 2.35. The van der Waals surface area contributed by atoms with Gasteiger partial charge in [0, 0.05) is 30.6 Å². The van der Waals surface area contributed by atoms with E-state index >= 15 is 0 Å². The minimum atomic E-state index is -4.62. The number of rotatable bonds is 4. The smallest absolute Gasteiger partial charge is 0.326 e. The van der Waals surface area contributed by atoms with E-state index in [2.05, 4.69) is 24.4 Å². The molecule has 4 aromatic rings. The zero-order valence-corrected chi connectivity index (χ0v) is 18.4. The van der Waals surface area contributed by atoms with Crippen LogP contribution in [0.5, 0.6) is 0 Å². The van der Waals surface area contributed by atoms with Crippen LogP contribution in [-0.2, 0) is 23.0 Å². The summed E-state index contributed by atoms with van der Waals surface area (Å²) in [5.74, 6) is 0.506. The van der Waals surface area contributed by atoms with Gasteiger partial charge in [0.1, 0.15) is 21.2 Å². The van der Waals surface area contributed by atoms with Gasteiger partial charge >= 0.3 is 6.18 Å². The SMILES string of the molecule is CCS(=O)(=NC#N)c1nn2c(C3CC3)ccnc2c1-c1nc2cc(C(F)(F)F)ncc2n1C. The molecule has 13 heteroatoms. The average molecular weight is 474 g/mol. The van der Waals surface area contributed by atoms with Crippen molar-refractivity contribution in [3.8, 4) is 17.6 Å². The lowest BCUT2D eigenvalue weighted by Crippen LogP contribution is -2.07. The second kappa shape index (κ2) is 7.24. The lowest BCUT2D eigenvalue weighted by atomic mass is 10.2. The third-order valence-corrected chi connectivity index (χ3v) is 7.72. The third-order valence-electron chi connectivity index (χ3n) is 5.67. The van der Waals surface area contributed by atoms with Crippen LogP contribution in [-0.4, -0.2) is 39.1 Å². The topological polar surface area (TPSA) is 114 Å². The quantitative estimate of drug-likeness (QED) is 0.415. The molecular formula is C20H17F3N8OS. The molecule has 5 rings (SSSR count). The molecule has 0 radical (unpaired) electrons. The first-order valence-electron chi connectivity index (χ1n) is 10.1. The van der Waals surface area contributed by atoms with Gasteiger partial charge in [-0.3, -0.25) is 0 Å². The molecule has 0 aliphatic heterocycles. The second-order valence-electron chi connectivity index (χ2n) is 7.73. The molecule has 1 saturated carbocycles. The molecule has 1 aliphatic carbocycles. The Labute approximate surface area is 186 Å². The molecule has 4 heterocycles. The van der Waals surface area contributed by atoms with Gasteiger partial charge in [-0.1, -0.05) is 6.92 Å². The summed E-state index contributed by atoms with van der Waals surface area (Å²) in [6, 6.07) is 2.69. The van der Waals surface area contributed by atoms with E-state index in [9.17, 15) is 22.6 Å². The molecule has 9 nitrogen and oxygen atoms in total. The van der Waals surface area contributed by atoms with Crippen LogP contribution in [0, 0.1) is 11.5 Å². The fraction of sp³-hybridized carbons (Fsp3) is 0.350. The maximum atomic E-state index is 13.6. The van der Waals surface area contributed by atoms with Crippen LogP contribution in [0.4, 0.5) is 13.2 Å². The number of hydrogen-bond donors (Lipinski definition) is 0.